The maximum absolute atomic E-state index is 12.8. The molecule has 0 rings (SSSR count). The third kappa shape index (κ3) is 10.1. The Kier molecular flexibility index (Phi) is 13.7. The fourth-order valence-electron chi connectivity index (χ4n) is 2.88. The Bertz CT molecular complexity index is 601. The van der Waals surface area contributed by atoms with Gasteiger partial charge in [0.2, 0.25) is 17.7 Å². The Morgan fingerprint density at radius 1 is 0.839 bits per heavy atom. The molecule has 0 heterocycles. The van der Waals surface area contributed by atoms with Crippen LogP contribution in [0.15, 0.2) is 0 Å². The average molecular weight is 444 g/mol. The summed E-state index contributed by atoms with van der Waals surface area (Å²) in [6.07, 6.45) is 2.81. The molecule has 10 heteroatoms. The summed E-state index contributed by atoms with van der Waals surface area (Å²) in [5, 5.41) is 17.0. The molecule has 0 saturated carbocycles. The molecule has 0 aliphatic carbocycles. The van der Waals surface area contributed by atoms with E-state index in [9.17, 15) is 24.3 Å². The summed E-state index contributed by atoms with van der Waals surface area (Å²) in [5.41, 5.74) is 11.4. The van der Waals surface area contributed by atoms with Crippen LogP contribution in [0.2, 0.25) is 0 Å². The molecule has 0 spiro atoms. The Balaban J connectivity index is 5.09. The van der Waals surface area contributed by atoms with Crippen LogP contribution in [0.25, 0.3) is 0 Å². The van der Waals surface area contributed by atoms with Gasteiger partial charge in [-0.15, -0.1) is 0 Å². The molecule has 8 N–H and O–H groups in total. The second-order valence-electron chi connectivity index (χ2n) is 8.20. The van der Waals surface area contributed by atoms with Gasteiger partial charge in [-0.1, -0.05) is 40.5 Å². The predicted molar refractivity (Wildman–Crippen MR) is 119 cm³/mol. The van der Waals surface area contributed by atoms with Gasteiger partial charge in [-0.05, 0) is 44.6 Å². The molecule has 0 fully saturated rings. The standard InChI is InChI=1S/C21H41N5O5/c1-6-12(3)16(23)19(28)26-17(13(4)7-2)20(29)24-14(5)18(27)25-15(21(30)31)10-8-9-11-22/h12-17H,6-11,22-23H2,1-5H3,(H,24,29)(H,25,27)(H,26,28)(H,30,31). The zero-order valence-electron chi connectivity index (χ0n) is 19.4. The molecule has 0 bridgehead atoms. The number of hydrogen-bond donors (Lipinski definition) is 6. The molecule has 6 atom stereocenters. The first-order valence-electron chi connectivity index (χ1n) is 11.1. The first-order valence-corrected chi connectivity index (χ1v) is 11.1. The van der Waals surface area contributed by atoms with Crippen LogP contribution < -0.4 is 27.4 Å². The van der Waals surface area contributed by atoms with Crippen LogP contribution in [0, 0.1) is 11.8 Å². The summed E-state index contributed by atoms with van der Waals surface area (Å²) < 4.78 is 0. The van der Waals surface area contributed by atoms with Crippen molar-refractivity contribution in [3.8, 4) is 0 Å². The van der Waals surface area contributed by atoms with Gasteiger partial charge in [0.25, 0.3) is 0 Å². The van der Waals surface area contributed by atoms with Crippen LogP contribution in [-0.4, -0.2) is 59.5 Å². The topological polar surface area (TPSA) is 177 Å². The number of amides is 3. The lowest BCUT2D eigenvalue weighted by Gasteiger charge is -2.28. The molecule has 0 aromatic rings. The first-order chi connectivity index (χ1) is 14.5. The smallest absolute Gasteiger partial charge is 0.326 e. The van der Waals surface area contributed by atoms with Crippen molar-refractivity contribution < 1.29 is 24.3 Å². The fraction of sp³-hybridized carbons (Fsp3) is 0.810. The molecule has 0 saturated heterocycles. The number of aliphatic carboxylic acids is 1. The molecular formula is C21H41N5O5. The normalized spacial score (nSPS) is 16.9. The highest BCUT2D eigenvalue weighted by Gasteiger charge is 2.31. The summed E-state index contributed by atoms with van der Waals surface area (Å²) >= 11 is 0. The molecule has 0 aliphatic rings. The Labute approximate surface area is 185 Å². The van der Waals surface area contributed by atoms with Crippen molar-refractivity contribution in [3.63, 3.8) is 0 Å². The lowest BCUT2D eigenvalue weighted by molar-refractivity contribution is -0.142. The number of nitrogens with one attached hydrogen (secondary N) is 3. The van der Waals surface area contributed by atoms with Gasteiger partial charge in [0.15, 0.2) is 0 Å². The number of unbranched alkanes of at least 4 members (excludes halogenated alkanes) is 1. The van der Waals surface area contributed by atoms with Gasteiger partial charge in [0, 0.05) is 0 Å². The highest BCUT2D eigenvalue weighted by atomic mass is 16.4. The summed E-state index contributed by atoms with van der Waals surface area (Å²) in [6.45, 7) is 9.41. The van der Waals surface area contributed by atoms with E-state index in [0.717, 1.165) is 6.42 Å². The summed E-state index contributed by atoms with van der Waals surface area (Å²) in [7, 11) is 0. The maximum atomic E-state index is 12.8. The largest absolute Gasteiger partial charge is 0.480 e. The van der Waals surface area contributed by atoms with Gasteiger partial charge in [0.1, 0.15) is 18.1 Å². The van der Waals surface area contributed by atoms with Crippen LogP contribution in [0.3, 0.4) is 0 Å². The van der Waals surface area contributed by atoms with E-state index in [1.807, 2.05) is 27.7 Å². The summed E-state index contributed by atoms with van der Waals surface area (Å²) in [5.74, 6) is -2.93. The number of carboxylic acids is 1. The monoisotopic (exact) mass is 443 g/mol. The highest BCUT2D eigenvalue weighted by molar-refractivity contribution is 5.94. The number of carbonyl (C=O) groups excluding carboxylic acids is 3. The van der Waals surface area contributed by atoms with Crippen molar-refractivity contribution in [3.05, 3.63) is 0 Å². The van der Waals surface area contributed by atoms with Gasteiger partial charge in [-0.2, -0.15) is 0 Å². The van der Waals surface area contributed by atoms with E-state index >= 15 is 0 Å². The van der Waals surface area contributed by atoms with E-state index in [1.54, 1.807) is 0 Å². The third-order valence-electron chi connectivity index (χ3n) is 5.67. The van der Waals surface area contributed by atoms with Crippen molar-refractivity contribution in [1.82, 2.24) is 16.0 Å². The lowest BCUT2D eigenvalue weighted by Crippen LogP contribution is -2.58. The van der Waals surface area contributed by atoms with Gasteiger partial charge < -0.3 is 32.5 Å². The molecular weight excluding hydrogens is 402 g/mol. The molecule has 31 heavy (non-hydrogen) atoms. The molecule has 10 nitrogen and oxygen atoms in total. The summed E-state index contributed by atoms with van der Waals surface area (Å²) in [4.78, 5) is 49.1. The number of nitrogens with two attached hydrogens (primary N) is 2. The number of carbonyl (C=O) groups is 4. The van der Waals surface area contributed by atoms with E-state index in [4.69, 9.17) is 11.5 Å². The number of carboxylic acid groups (broad SMARTS) is 1. The quantitative estimate of drug-likeness (QED) is 0.194. The minimum Gasteiger partial charge on any atom is -0.480 e. The van der Waals surface area contributed by atoms with Crippen LogP contribution >= 0.6 is 0 Å². The molecule has 6 unspecified atom stereocenters. The van der Waals surface area contributed by atoms with Gasteiger partial charge in [-0.3, -0.25) is 14.4 Å². The third-order valence-corrected chi connectivity index (χ3v) is 5.67. The van der Waals surface area contributed by atoms with Crippen LogP contribution in [-0.2, 0) is 19.2 Å². The minimum atomic E-state index is -1.15. The van der Waals surface area contributed by atoms with E-state index in [1.165, 1.54) is 6.92 Å². The second-order valence-corrected chi connectivity index (χ2v) is 8.20. The van der Waals surface area contributed by atoms with Crippen LogP contribution in [0.5, 0.6) is 0 Å². The second kappa shape index (κ2) is 14.7. The van der Waals surface area contributed by atoms with E-state index < -0.39 is 47.9 Å². The van der Waals surface area contributed by atoms with Crippen molar-refractivity contribution >= 4 is 23.7 Å². The van der Waals surface area contributed by atoms with E-state index in [0.29, 0.717) is 25.8 Å². The Morgan fingerprint density at radius 3 is 1.90 bits per heavy atom. The predicted octanol–water partition coefficient (Wildman–Crippen LogP) is 0.0938. The fourth-order valence-corrected chi connectivity index (χ4v) is 2.88. The molecule has 3 amide bonds. The van der Waals surface area contributed by atoms with Gasteiger partial charge >= 0.3 is 5.97 Å². The maximum Gasteiger partial charge on any atom is 0.326 e. The minimum absolute atomic E-state index is 0.0439. The highest BCUT2D eigenvalue weighted by Crippen LogP contribution is 2.11. The van der Waals surface area contributed by atoms with Crippen molar-refractivity contribution in [2.24, 2.45) is 23.3 Å². The summed E-state index contributed by atoms with van der Waals surface area (Å²) in [6, 6.07) is -3.63. The molecule has 180 valence electrons. The molecule has 0 aromatic heterocycles. The van der Waals surface area contributed by atoms with Gasteiger partial charge in [-0.25, -0.2) is 4.79 Å². The molecule has 0 radical (unpaired) electrons. The van der Waals surface area contributed by atoms with Crippen molar-refractivity contribution in [2.45, 2.75) is 90.9 Å². The van der Waals surface area contributed by atoms with E-state index in [-0.39, 0.29) is 18.3 Å². The zero-order valence-corrected chi connectivity index (χ0v) is 19.4. The van der Waals surface area contributed by atoms with Crippen molar-refractivity contribution in [2.75, 3.05) is 6.54 Å². The lowest BCUT2D eigenvalue weighted by atomic mass is 9.95. The molecule has 0 aliphatic heterocycles. The Hall–Kier alpha value is -2.20. The zero-order chi connectivity index (χ0) is 24.1. The van der Waals surface area contributed by atoms with Crippen LogP contribution in [0.4, 0.5) is 0 Å². The average Bonchev–Trinajstić information content (AvgIpc) is 2.74. The van der Waals surface area contributed by atoms with Crippen molar-refractivity contribution in [1.29, 1.82) is 0 Å². The van der Waals surface area contributed by atoms with Crippen LogP contribution in [0.1, 0.15) is 66.7 Å². The first kappa shape index (κ1) is 28.8. The van der Waals surface area contributed by atoms with Gasteiger partial charge in [0.05, 0.1) is 6.04 Å². The molecule has 0 aromatic carbocycles. The number of rotatable bonds is 15. The van der Waals surface area contributed by atoms with E-state index in [2.05, 4.69) is 16.0 Å². The Morgan fingerprint density at radius 2 is 1.42 bits per heavy atom. The number of hydrogen-bond acceptors (Lipinski definition) is 6. The SMILES string of the molecule is CCC(C)C(N)C(=O)NC(C(=O)NC(C)C(=O)NC(CCCCN)C(=O)O)C(C)CC.